The standard InChI is InChI=1S/C12H18F3N3O2/c13-12(14,15)11(3-4-16-7-11)10(20)18-6-5-17-9(19)8-1-2-8/h8,16H,1-7H2,(H,17,19)(H,18,20). The molecule has 0 aromatic rings. The minimum absolute atomic E-state index is 0.00905. The molecule has 1 atom stereocenters. The molecule has 0 aromatic heterocycles. The van der Waals surface area contributed by atoms with Crippen LogP contribution in [0.2, 0.25) is 0 Å². The van der Waals surface area contributed by atoms with Crippen LogP contribution in [-0.2, 0) is 9.59 Å². The molecular weight excluding hydrogens is 275 g/mol. The van der Waals surface area contributed by atoms with E-state index < -0.39 is 24.0 Å². The predicted octanol–water partition coefficient (Wildman–Crippen LogP) is 0.171. The van der Waals surface area contributed by atoms with Crippen molar-refractivity contribution < 1.29 is 22.8 Å². The van der Waals surface area contributed by atoms with Crippen LogP contribution >= 0.6 is 0 Å². The Morgan fingerprint density at radius 3 is 2.35 bits per heavy atom. The van der Waals surface area contributed by atoms with Crippen LogP contribution in [0.4, 0.5) is 13.2 Å². The van der Waals surface area contributed by atoms with Gasteiger partial charge >= 0.3 is 6.18 Å². The van der Waals surface area contributed by atoms with Gasteiger partial charge in [-0.1, -0.05) is 0 Å². The molecule has 1 saturated heterocycles. The molecule has 1 saturated carbocycles. The first-order valence-corrected chi connectivity index (χ1v) is 6.70. The molecule has 0 spiro atoms. The van der Waals surface area contributed by atoms with Crippen molar-refractivity contribution in [3.05, 3.63) is 0 Å². The number of halogens is 3. The van der Waals surface area contributed by atoms with Gasteiger partial charge in [-0.2, -0.15) is 13.2 Å². The number of carbonyl (C=O) groups is 2. The molecule has 8 heteroatoms. The molecule has 2 amide bonds. The van der Waals surface area contributed by atoms with E-state index in [9.17, 15) is 22.8 Å². The lowest BCUT2D eigenvalue weighted by atomic mass is 9.85. The first kappa shape index (κ1) is 15.1. The van der Waals surface area contributed by atoms with Crippen molar-refractivity contribution >= 4 is 11.8 Å². The van der Waals surface area contributed by atoms with Crippen molar-refractivity contribution in [1.29, 1.82) is 0 Å². The molecule has 1 aliphatic carbocycles. The Bertz CT molecular complexity index is 388. The summed E-state index contributed by atoms with van der Waals surface area (Å²) in [5.74, 6) is -1.06. The molecule has 5 nitrogen and oxygen atoms in total. The summed E-state index contributed by atoms with van der Waals surface area (Å²) in [6, 6.07) is 0. The lowest BCUT2D eigenvalue weighted by Gasteiger charge is -2.29. The maximum atomic E-state index is 13.0. The van der Waals surface area contributed by atoms with Gasteiger partial charge < -0.3 is 16.0 Å². The Balaban J connectivity index is 1.79. The van der Waals surface area contributed by atoms with Crippen LogP contribution in [0.15, 0.2) is 0 Å². The van der Waals surface area contributed by atoms with Gasteiger partial charge in [-0.15, -0.1) is 0 Å². The maximum absolute atomic E-state index is 13.0. The van der Waals surface area contributed by atoms with E-state index in [1.165, 1.54) is 0 Å². The molecule has 0 radical (unpaired) electrons. The van der Waals surface area contributed by atoms with E-state index in [0.717, 1.165) is 12.8 Å². The van der Waals surface area contributed by atoms with Crippen LogP contribution < -0.4 is 16.0 Å². The van der Waals surface area contributed by atoms with E-state index in [-0.39, 0.29) is 37.9 Å². The fraction of sp³-hybridized carbons (Fsp3) is 0.833. The van der Waals surface area contributed by atoms with E-state index in [1.807, 2.05) is 0 Å². The summed E-state index contributed by atoms with van der Waals surface area (Å²) in [6.07, 6.45) is -3.10. The van der Waals surface area contributed by atoms with E-state index >= 15 is 0 Å². The molecule has 2 fully saturated rings. The Labute approximate surface area is 114 Å². The zero-order chi connectivity index (χ0) is 14.8. The van der Waals surface area contributed by atoms with Gasteiger partial charge in [0.15, 0.2) is 5.41 Å². The molecule has 0 aromatic carbocycles. The van der Waals surface area contributed by atoms with Crippen molar-refractivity contribution in [2.24, 2.45) is 11.3 Å². The van der Waals surface area contributed by atoms with E-state index in [1.54, 1.807) is 0 Å². The fourth-order valence-electron chi connectivity index (χ4n) is 2.28. The second-order valence-corrected chi connectivity index (χ2v) is 5.33. The number of alkyl halides is 3. The van der Waals surface area contributed by atoms with Crippen LogP contribution in [0.3, 0.4) is 0 Å². The van der Waals surface area contributed by atoms with Crippen LogP contribution in [0.25, 0.3) is 0 Å². The summed E-state index contributed by atoms with van der Waals surface area (Å²) < 4.78 is 39.1. The largest absolute Gasteiger partial charge is 0.404 e. The van der Waals surface area contributed by atoms with Crippen LogP contribution in [-0.4, -0.2) is 44.2 Å². The van der Waals surface area contributed by atoms with Crippen molar-refractivity contribution in [3.63, 3.8) is 0 Å². The molecule has 3 N–H and O–H groups in total. The third kappa shape index (κ3) is 3.05. The summed E-state index contributed by atoms with van der Waals surface area (Å²) in [7, 11) is 0. The average molecular weight is 293 g/mol. The van der Waals surface area contributed by atoms with Gasteiger partial charge in [0, 0.05) is 25.6 Å². The second-order valence-electron chi connectivity index (χ2n) is 5.33. The van der Waals surface area contributed by atoms with Gasteiger partial charge in [0.1, 0.15) is 0 Å². The lowest BCUT2D eigenvalue weighted by molar-refractivity contribution is -0.216. The van der Waals surface area contributed by atoms with Gasteiger partial charge in [-0.25, -0.2) is 0 Å². The maximum Gasteiger partial charge on any atom is 0.404 e. The number of amides is 2. The predicted molar refractivity (Wildman–Crippen MR) is 64.7 cm³/mol. The van der Waals surface area contributed by atoms with Crippen LogP contribution in [0.5, 0.6) is 0 Å². The molecule has 1 aliphatic heterocycles. The average Bonchev–Trinajstić information content (AvgIpc) is 3.09. The Morgan fingerprint density at radius 2 is 1.85 bits per heavy atom. The fourth-order valence-corrected chi connectivity index (χ4v) is 2.28. The summed E-state index contributed by atoms with van der Waals surface area (Å²) in [5, 5.41) is 7.45. The molecule has 1 heterocycles. The van der Waals surface area contributed by atoms with Gasteiger partial charge in [-0.05, 0) is 25.8 Å². The summed E-state index contributed by atoms with van der Waals surface area (Å²) in [5.41, 5.74) is -2.34. The Hall–Kier alpha value is -1.31. The van der Waals surface area contributed by atoms with Gasteiger partial charge in [0.05, 0.1) is 0 Å². The van der Waals surface area contributed by atoms with E-state index in [2.05, 4.69) is 16.0 Å². The zero-order valence-electron chi connectivity index (χ0n) is 11.0. The molecule has 2 rings (SSSR count). The molecule has 114 valence electrons. The van der Waals surface area contributed by atoms with E-state index in [4.69, 9.17) is 0 Å². The molecule has 1 unspecified atom stereocenters. The minimum atomic E-state index is -4.57. The zero-order valence-corrected chi connectivity index (χ0v) is 11.0. The Kier molecular flexibility index (Phi) is 4.22. The van der Waals surface area contributed by atoms with Gasteiger partial charge in [0.25, 0.3) is 0 Å². The van der Waals surface area contributed by atoms with Crippen LogP contribution in [0.1, 0.15) is 19.3 Å². The highest BCUT2D eigenvalue weighted by Gasteiger charge is 2.61. The van der Waals surface area contributed by atoms with Crippen LogP contribution in [0, 0.1) is 11.3 Å². The number of hydrogen-bond donors (Lipinski definition) is 3. The van der Waals surface area contributed by atoms with Gasteiger partial charge in [0.2, 0.25) is 11.8 Å². The summed E-state index contributed by atoms with van der Waals surface area (Å²) in [6.45, 7) is -0.0559. The normalized spacial score (nSPS) is 26.4. The molecular formula is C12H18F3N3O2. The third-order valence-electron chi connectivity index (χ3n) is 3.79. The number of nitrogens with one attached hydrogen (secondary N) is 3. The quantitative estimate of drug-likeness (QED) is 0.633. The highest BCUT2D eigenvalue weighted by atomic mass is 19.4. The molecule has 20 heavy (non-hydrogen) atoms. The topological polar surface area (TPSA) is 70.2 Å². The van der Waals surface area contributed by atoms with Crippen molar-refractivity contribution in [2.45, 2.75) is 25.4 Å². The van der Waals surface area contributed by atoms with Crippen molar-refractivity contribution in [1.82, 2.24) is 16.0 Å². The highest BCUT2D eigenvalue weighted by molar-refractivity contribution is 5.84. The molecule has 0 bridgehead atoms. The second kappa shape index (κ2) is 5.59. The number of carbonyl (C=O) groups excluding carboxylic acids is 2. The first-order valence-electron chi connectivity index (χ1n) is 6.70. The number of hydrogen-bond acceptors (Lipinski definition) is 3. The molecule has 2 aliphatic rings. The Morgan fingerprint density at radius 1 is 1.20 bits per heavy atom. The summed E-state index contributed by atoms with van der Waals surface area (Å²) in [4.78, 5) is 23.1. The smallest absolute Gasteiger partial charge is 0.354 e. The number of rotatable bonds is 5. The highest BCUT2D eigenvalue weighted by Crippen LogP contribution is 2.43. The SMILES string of the molecule is O=C(NCCNC(=O)C1(C(F)(F)F)CCNC1)C1CC1. The minimum Gasteiger partial charge on any atom is -0.354 e. The monoisotopic (exact) mass is 293 g/mol. The third-order valence-corrected chi connectivity index (χ3v) is 3.79. The van der Waals surface area contributed by atoms with Crippen molar-refractivity contribution in [2.75, 3.05) is 26.2 Å². The van der Waals surface area contributed by atoms with Crippen molar-refractivity contribution in [3.8, 4) is 0 Å². The van der Waals surface area contributed by atoms with E-state index in [0.29, 0.717) is 0 Å². The first-order chi connectivity index (χ1) is 9.37. The summed E-state index contributed by atoms with van der Waals surface area (Å²) >= 11 is 0. The van der Waals surface area contributed by atoms with Gasteiger partial charge in [-0.3, -0.25) is 9.59 Å². The lowest BCUT2D eigenvalue weighted by Crippen LogP contribution is -2.53.